The Hall–Kier alpha value is -1.14. The predicted octanol–water partition coefficient (Wildman–Crippen LogP) is 1.18. The Labute approximate surface area is 113 Å². The lowest BCUT2D eigenvalue weighted by Crippen LogP contribution is -2.45. The Morgan fingerprint density at radius 3 is 2.44 bits per heavy atom. The lowest BCUT2D eigenvalue weighted by molar-refractivity contribution is -0.131. The van der Waals surface area contributed by atoms with Crippen LogP contribution >= 0.6 is 12.4 Å². The van der Waals surface area contributed by atoms with Gasteiger partial charge in [-0.05, 0) is 12.8 Å². The number of carbonyl (C=O) groups excluding carboxylic acids is 1. The molecule has 104 valence electrons. The van der Waals surface area contributed by atoms with Crippen LogP contribution < -0.4 is 11.1 Å². The number of nitrogens with two attached hydrogens (primary N) is 1. The van der Waals surface area contributed by atoms with E-state index in [0.717, 1.165) is 12.8 Å². The SMILES string of the molecule is CCC(CC)(CN)C(=O)NCc1noc(C)n1.Cl. The van der Waals surface area contributed by atoms with E-state index in [-0.39, 0.29) is 24.9 Å². The molecule has 3 N–H and O–H groups in total. The van der Waals surface area contributed by atoms with Gasteiger partial charge >= 0.3 is 0 Å². The molecule has 0 fully saturated rings. The van der Waals surface area contributed by atoms with Crippen LogP contribution in [-0.4, -0.2) is 22.6 Å². The van der Waals surface area contributed by atoms with E-state index < -0.39 is 5.41 Å². The number of aromatic nitrogens is 2. The normalized spacial score (nSPS) is 10.9. The summed E-state index contributed by atoms with van der Waals surface area (Å²) in [4.78, 5) is 16.1. The third-order valence-electron chi connectivity index (χ3n) is 3.20. The van der Waals surface area contributed by atoms with E-state index in [4.69, 9.17) is 10.3 Å². The molecule has 1 aromatic rings. The molecule has 0 aliphatic rings. The van der Waals surface area contributed by atoms with Crippen molar-refractivity contribution in [2.75, 3.05) is 6.54 Å². The Morgan fingerprint density at radius 2 is 2.06 bits per heavy atom. The largest absolute Gasteiger partial charge is 0.348 e. The van der Waals surface area contributed by atoms with Crippen LogP contribution in [0, 0.1) is 12.3 Å². The summed E-state index contributed by atoms with van der Waals surface area (Å²) >= 11 is 0. The third-order valence-corrected chi connectivity index (χ3v) is 3.20. The van der Waals surface area contributed by atoms with Crippen molar-refractivity contribution in [3.8, 4) is 0 Å². The highest BCUT2D eigenvalue weighted by atomic mass is 35.5. The molecule has 0 aliphatic carbocycles. The first-order chi connectivity index (χ1) is 8.07. The molecule has 1 rings (SSSR count). The molecule has 0 bridgehead atoms. The minimum absolute atomic E-state index is 0. The third kappa shape index (κ3) is 3.68. The highest BCUT2D eigenvalue weighted by Gasteiger charge is 2.33. The average molecular weight is 277 g/mol. The van der Waals surface area contributed by atoms with Gasteiger partial charge in [-0.3, -0.25) is 4.79 Å². The van der Waals surface area contributed by atoms with Crippen molar-refractivity contribution >= 4 is 18.3 Å². The Bertz CT molecular complexity index is 369. The van der Waals surface area contributed by atoms with Crippen molar-refractivity contribution in [2.45, 2.75) is 40.2 Å². The maximum absolute atomic E-state index is 12.1. The van der Waals surface area contributed by atoms with Gasteiger partial charge in [0.05, 0.1) is 12.0 Å². The molecule has 7 heteroatoms. The Balaban J connectivity index is 0.00000289. The summed E-state index contributed by atoms with van der Waals surface area (Å²) in [5.41, 5.74) is 5.20. The number of hydrogen-bond donors (Lipinski definition) is 2. The molecule has 0 spiro atoms. The number of amides is 1. The molecule has 6 nitrogen and oxygen atoms in total. The van der Waals surface area contributed by atoms with Crippen LogP contribution in [0.5, 0.6) is 0 Å². The molecule has 1 aromatic heterocycles. The molecule has 0 unspecified atom stereocenters. The molecule has 0 saturated carbocycles. The Morgan fingerprint density at radius 1 is 1.44 bits per heavy atom. The first kappa shape index (κ1) is 16.9. The second kappa shape index (κ2) is 7.33. The lowest BCUT2D eigenvalue weighted by atomic mass is 9.81. The summed E-state index contributed by atoms with van der Waals surface area (Å²) in [6.45, 7) is 6.26. The van der Waals surface area contributed by atoms with Gasteiger partial charge in [0, 0.05) is 13.5 Å². The molecule has 0 radical (unpaired) electrons. The van der Waals surface area contributed by atoms with E-state index in [2.05, 4.69) is 15.5 Å². The van der Waals surface area contributed by atoms with Crippen LogP contribution in [0.1, 0.15) is 38.4 Å². The number of aryl methyl sites for hydroxylation is 1. The van der Waals surface area contributed by atoms with Gasteiger partial charge in [0.1, 0.15) is 0 Å². The van der Waals surface area contributed by atoms with Gasteiger partial charge in [0.2, 0.25) is 11.8 Å². The van der Waals surface area contributed by atoms with E-state index in [0.29, 0.717) is 18.3 Å². The van der Waals surface area contributed by atoms with Crippen molar-refractivity contribution in [2.24, 2.45) is 11.1 Å². The predicted molar refractivity (Wildman–Crippen MR) is 70.2 cm³/mol. The molecule has 1 heterocycles. The minimum atomic E-state index is -0.487. The van der Waals surface area contributed by atoms with Gasteiger partial charge in [-0.2, -0.15) is 4.98 Å². The second-order valence-electron chi connectivity index (χ2n) is 4.10. The molecular weight excluding hydrogens is 256 g/mol. The van der Waals surface area contributed by atoms with Gasteiger partial charge in [0.25, 0.3) is 0 Å². The zero-order chi connectivity index (χ0) is 12.9. The van der Waals surface area contributed by atoms with Crippen LogP contribution in [0.2, 0.25) is 0 Å². The van der Waals surface area contributed by atoms with E-state index in [1.54, 1.807) is 6.92 Å². The highest BCUT2D eigenvalue weighted by molar-refractivity contribution is 5.85. The van der Waals surface area contributed by atoms with Gasteiger partial charge < -0.3 is 15.6 Å². The second-order valence-corrected chi connectivity index (χ2v) is 4.10. The van der Waals surface area contributed by atoms with Crippen molar-refractivity contribution in [3.05, 3.63) is 11.7 Å². The van der Waals surface area contributed by atoms with Crippen LogP contribution in [0.25, 0.3) is 0 Å². The standard InChI is InChI=1S/C11H20N4O2.ClH/c1-4-11(5-2,7-12)10(16)13-6-9-14-8(3)17-15-9;/h4-7,12H2,1-3H3,(H,13,16);1H. The molecule has 0 aliphatic heterocycles. The fraction of sp³-hybridized carbons (Fsp3) is 0.727. The van der Waals surface area contributed by atoms with Crippen LogP contribution in [0.4, 0.5) is 0 Å². The number of hydrogen-bond acceptors (Lipinski definition) is 5. The maximum atomic E-state index is 12.1. The molecule has 1 amide bonds. The summed E-state index contributed by atoms with van der Waals surface area (Å²) < 4.78 is 4.82. The van der Waals surface area contributed by atoms with Crippen molar-refractivity contribution in [3.63, 3.8) is 0 Å². The number of halogens is 1. The summed E-state index contributed by atoms with van der Waals surface area (Å²) in [6, 6.07) is 0. The molecular formula is C11H21ClN4O2. The van der Waals surface area contributed by atoms with E-state index in [9.17, 15) is 4.79 Å². The number of nitrogens with one attached hydrogen (secondary N) is 1. The lowest BCUT2D eigenvalue weighted by Gasteiger charge is -2.28. The number of carbonyl (C=O) groups is 1. The van der Waals surface area contributed by atoms with Gasteiger partial charge in [0.15, 0.2) is 5.82 Å². The van der Waals surface area contributed by atoms with Gasteiger partial charge in [-0.25, -0.2) is 0 Å². The summed E-state index contributed by atoms with van der Waals surface area (Å²) in [6.07, 6.45) is 1.44. The summed E-state index contributed by atoms with van der Waals surface area (Å²) in [7, 11) is 0. The zero-order valence-electron chi connectivity index (χ0n) is 11.0. The van der Waals surface area contributed by atoms with Crippen molar-refractivity contribution in [1.29, 1.82) is 0 Å². The zero-order valence-corrected chi connectivity index (χ0v) is 11.8. The first-order valence-corrected chi connectivity index (χ1v) is 5.85. The fourth-order valence-electron chi connectivity index (χ4n) is 1.71. The van der Waals surface area contributed by atoms with Crippen LogP contribution in [0.3, 0.4) is 0 Å². The average Bonchev–Trinajstić information content (AvgIpc) is 2.75. The molecule has 0 saturated heterocycles. The van der Waals surface area contributed by atoms with E-state index >= 15 is 0 Å². The van der Waals surface area contributed by atoms with Gasteiger partial charge in [-0.1, -0.05) is 19.0 Å². The molecule has 0 atom stereocenters. The van der Waals surface area contributed by atoms with Crippen LogP contribution in [0.15, 0.2) is 4.52 Å². The molecule has 0 aromatic carbocycles. The monoisotopic (exact) mass is 276 g/mol. The topological polar surface area (TPSA) is 94.0 Å². The number of nitrogens with zero attached hydrogens (tertiary/aromatic N) is 2. The first-order valence-electron chi connectivity index (χ1n) is 5.85. The highest BCUT2D eigenvalue weighted by Crippen LogP contribution is 2.24. The smallest absolute Gasteiger partial charge is 0.227 e. The Kier molecular flexibility index (Phi) is 6.86. The van der Waals surface area contributed by atoms with Gasteiger partial charge in [-0.15, -0.1) is 12.4 Å². The van der Waals surface area contributed by atoms with Crippen molar-refractivity contribution < 1.29 is 9.32 Å². The summed E-state index contributed by atoms with van der Waals surface area (Å²) in [5, 5.41) is 6.52. The number of rotatable bonds is 6. The van der Waals surface area contributed by atoms with Crippen molar-refractivity contribution in [1.82, 2.24) is 15.5 Å². The minimum Gasteiger partial charge on any atom is -0.348 e. The molecule has 18 heavy (non-hydrogen) atoms. The van der Waals surface area contributed by atoms with Crippen LogP contribution in [-0.2, 0) is 11.3 Å². The summed E-state index contributed by atoms with van der Waals surface area (Å²) in [5.74, 6) is 0.923. The fourth-order valence-corrected chi connectivity index (χ4v) is 1.71. The van der Waals surface area contributed by atoms with E-state index in [1.807, 2.05) is 13.8 Å². The quantitative estimate of drug-likeness (QED) is 0.814. The van der Waals surface area contributed by atoms with E-state index in [1.165, 1.54) is 0 Å². The maximum Gasteiger partial charge on any atom is 0.227 e.